The van der Waals surface area contributed by atoms with Crippen LogP contribution in [0.15, 0.2) is 48.7 Å². The number of anilines is 1. The number of likely N-dealkylation sites (N-methyl/N-ethyl adjacent to an activating group) is 1. The van der Waals surface area contributed by atoms with Gasteiger partial charge in [0.25, 0.3) is 0 Å². The highest BCUT2D eigenvalue weighted by Gasteiger charge is 2.35. The molecule has 4 rings (SSSR count). The average Bonchev–Trinajstić information content (AvgIpc) is 3.17. The van der Waals surface area contributed by atoms with E-state index in [1.54, 1.807) is 14.2 Å². The van der Waals surface area contributed by atoms with Gasteiger partial charge in [-0.1, -0.05) is 30.3 Å². The molecule has 0 spiro atoms. The van der Waals surface area contributed by atoms with E-state index in [2.05, 4.69) is 59.2 Å². The third kappa shape index (κ3) is 3.98. The zero-order valence-corrected chi connectivity index (χ0v) is 17.5. The van der Waals surface area contributed by atoms with E-state index in [1.807, 2.05) is 18.3 Å². The van der Waals surface area contributed by atoms with Crippen LogP contribution in [-0.4, -0.2) is 62.3 Å². The largest absolute Gasteiger partial charge is 0.493 e. The van der Waals surface area contributed by atoms with E-state index in [-0.39, 0.29) is 0 Å². The summed E-state index contributed by atoms with van der Waals surface area (Å²) in [6, 6.07) is 15.0. The Bertz CT molecular complexity index is 977. The minimum Gasteiger partial charge on any atom is -0.493 e. The van der Waals surface area contributed by atoms with E-state index >= 15 is 0 Å². The topological polar surface area (TPSA) is 50.7 Å². The van der Waals surface area contributed by atoms with Crippen molar-refractivity contribution in [3.63, 3.8) is 0 Å². The van der Waals surface area contributed by atoms with Crippen molar-refractivity contribution < 1.29 is 9.47 Å². The van der Waals surface area contributed by atoms with Gasteiger partial charge in [0.2, 0.25) is 5.95 Å². The zero-order valence-electron chi connectivity index (χ0n) is 17.5. The number of aromatic nitrogens is 2. The summed E-state index contributed by atoms with van der Waals surface area (Å²) in [6.07, 6.45) is 2.92. The van der Waals surface area contributed by atoms with Gasteiger partial charge in [0.1, 0.15) is 0 Å². The van der Waals surface area contributed by atoms with Crippen molar-refractivity contribution in [3.8, 4) is 11.5 Å². The monoisotopic (exact) mass is 392 g/mol. The lowest BCUT2D eigenvalue weighted by molar-refractivity contribution is 0.254. The Labute approximate surface area is 172 Å². The molecule has 0 saturated carbocycles. The molecule has 6 heteroatoms. The quantitative estimate of drug-likeness (QED) is 0.642. The predicted octanol–water partition coefficient (Wildman–Crippen LogP) is 3.26. The molecule has 2 heterocycles. The molecule has 0 N–H and O–H groups in total. The smallest absolute Gasteiger partial charge is 0.225 e. The van der Waals surface area contributed by atoms with Crippen molar-refractivity contribution in [1.82, 2.24) is 14.9 Å². The Balaban J connectivity index is 1.61. The van der Waals surface area contributed by atoms with Crippen LogP contribution < -0.4 is 14.4 Å². The van der Waals surface area contributed by atoms with Crippen molar-refractivity contribution in [2.24, 2.45) is 5.92 Å². The average molecular weight is 393 g/mol. The van der Waals surface area contributed by atoms with Gasteiger partial charge in [0, 0.05) is 36.8 Å². The first-order valence-corrected chi connectivity index (χ1v) is 9.93. The van der Waals surface area contributed by atoms with Crippen LogP contribution in [0, 0.1) is 5.92 Å². The lowest BCUT2D eigenvalue weighted by atomic mass is 9.94. The molecule has 0 amide bonds. The molecule has 1 aliphatic heterocycles. The second-order valence-corrected chi connectivity index (χ2v) is 7.82. The van der Waals surface area contributed by atoms with Crippen LogP contribution in [0.5, 0.6) is 11.5 Å². The van der Waals surface area contributed by atoms with Gasteiger partial charge in [-0.25, -0.2) is 9.97 Å². The van der Waals surface area contributed by atoms with Crippen molar-refractivity contribution in [3.05, 3.63) is 54.2 Å². The zero-order chi connectivity index (χ0) is 20.4. The number of nitrogens with zero attached hydrogens (tertiary/aromatic N) is 4. The number of ether oxygens (including phenoxy) is 2. The van der Waals surface area contributed by atoms with E-state index in [0.29, 0.717) is 23.5 Å². The van der Waals surface area contributed by atoms with Crippen LogP contribution in [0.3, 0.4) is 0 Å². The first kappa shape index (κ1) is 19.5. The van der Waals surface area contributed by atoms with E-state index in [9.17, 15) is 0 Å². The number of hydrogen-bond donors (Lipinski definition) is 0. The third-order valence-corrected chi connectivity index (χ3v) is 5.77. The highest BCUT2D eigenvalue weighted by Crippen LogP contribution is 2.33. The maximum Gasteiger partial charge on any atom is 0.225 e. The highest BCUT2D eigenvalue weighted by atomic mass is 16.5. The number of hydrogen-bond acceptors (Lipinski definition) is 6. The molecule has 0 bridgehead atoms. The second kappa shape index (κ2) is 8.25. The maximum absolute atomic E-state index is 5.44. The maximum atomic E-state index is 5.44. The molecule has 29 heavy (non-hydrogen) atoms. The molecular weight excluding hydrogens is 364 g/mol. The van der Waals surface area contributed by atoms with Gasteiger partial charge < -0.3 is 19.3 Å². The van der Waals surface area contributed by atoms with Gasteiger partial charge in [0.15, 0.2) is 11.5 Å². The summed E-state index contributed by atoms with van der Waals surface area (Å²) in [5.41, 5.74) is 2.24. The number of fused-ring (bicyclic) bond motifs is 1. The van der Waals surface area contributed by atoms with Crippen molar-refractivity contribution in [2.75, 3.05) is 46.3 Å². The number of benzene rings is 2. The van der Waals surface area contributed by atoms with Gasteiger partial charge >= 0.3 is 0 Å². The summed E-state index contributed by atoms with van der Waals surface area (Å²) < 4.78 is 10.8. The van der Waals surface area contributed by atoms with Crippen LogP contribution in [0.2, 0.25) is 0 Å². The van der Waals surface area contributed by atoms with Crippen LogP contribution in [0.4, 0.5) is 5.95 Å². The van der Waals surface area contributed by atoms with Crippen LogP contribution in [0.25, 0.3) is 10.9 Å². The first-order valence-electron chi connectivity index (χ1n) is 9.93. The van der Waals surface area contributed by atoms with Gasteiger partial charge in [-0.2, -0.15) is 0 Å². The molecule has 6 nitrogen and oxygen atoms in total. The highest BCUT2D eigenvalue weighted by molar-refractivity contribution is 5.82. The number of methoxy groups -OCH3 is 2. The molecule has 0 aliphatic carbocycles. The van der Waals surface area contributed by atoms with Gasteiger partial charge in [-0.3, -0.25) is 0 Å². The van der Waals surface area contributed by atoms with Crippen LogP contribution in [0.1, 0.15) is 5.56 Å². The fourth-order valence-corrected chi connectivity index (χ4v) is 4.22. The van der Waals surface area contributed by atoms with E-state index in [1.165, 1.54) is 5.56 Å². The molecule has 1 aromatic heterocycles. The van der Waals surface area contributed by atoms with Gasteiger partial charge in [-0.15, -0.1) is 0 Å². The minimum absolute atomic E-state index is 0.458. The SMILES string of the molecule is COc1cc2cnc(N3CC(Cc4ccccc4)C(N(C)C)C3)nc2cc1OC. The number of rotatable bonds is 6. The van der Waals surface area contributed by atoms with Crippen molar-refractivity contribution >= 4 is 16.9 Å². The molecule has 1 fully saturated rings. The summed E-state index contributed by atoms with van der Waals surface area (Å²) in [4.78, 5) is 14.1. The minimum atomic E-state index is 0.458. The summed E-state index contributed by atoms with van der Waals surface area (Å²) >= 11 is 0. The predicted molar refractivity (Wildman–Crippen MR) is 116 cm³/mol. The Hall–Kier alpha value is -2.86. The summed E-state index contributed by atoms with van der Waals surface area (Å²) in [5, 5.41) is 0.940. The Morgan fingerprint density at radius 2 is 1.76 bits per heavy atom. The van der Waals surface area contributed by atoms with Crippen LogP contribution in [-0.2, 0) is 6.42 Å². The molecule has 1 aliphatic rings. The standard InChI is InChI=1S/C23H28N4O2/c1-26(2)20-15-27(14-18(20)10-16-8-6-5-7-9-16)23-24-13-17-11-21(28-3)22(29-4)12-19(17)25-23/h5-9,11-13,18,20H,10,14-15H2,1-4H3. The molecule has 2 atom stereocenters. The molecule has 3 aromatic rings. The van der Waals surface area contributed by atoms with Crippen molar-refractivity contribution in [2.45, 2.75) is 12.5 Å². The molecule has 0 radical (unpaired) electrons. The Morgan fingerprint density at radius 1 is 1.03 bits per heavy atom. The molecule has 2 unspecified atom stereocenters. The summed E-state index contributed by atoms with van der Waals surface area (Å²) in [6.45, 7) is 1.86. The molecule has 2 aromatic carbocycles. The third-order valence-electron chi connectivity index (χ3n) is 5.77. The van der Waals surface area contributed by atoms with Crippen molar-refractivity contribution in [1.29, 1.82) is 0 Å². The van der Waals surface area contributed by atoms with Crippen LogP contribution >= 0.6 is 0 Å². The van der Waals surface area contributed by atoms with Gasteiger partial charge in [0.05, 0.1) is 19.7 Å². The van der Waals surface area contributed by atoms with Gasteiger partial charge in [-0.05, 0) is 38.1 Å². The van der Waals surface area contributed by atoms with E-state index < -0.39 is 0 Å². The molecular formula is C23H28N4O2. The second-order valence-electron chi connectivity index (χ2n) is 7.82. The lowest BCUT2D eigenvalue weighted by Crippen LogP contribution is -2.36. The first-order chi connectivity index (χ1) is 14.1. The van der Waals surface area contributed by atoms with E-state index in [4.69, 9.17) is 14.5 Å². The lowest BCUT2D eigenvalue weighted by Gasteiger charge is -2.24. The molecule has 152 valence electrons. The summed E-state index contributed by atoms with van der Waals surface area (Å²) in [5.74, 6) is 2.66. The Kier molecular flexibility index (Phi) is 5.53. The fourth-order valence-electron chi connectivity index (χ4n) is 4.22. The summed E-state index contributed by atoms with van der Waals surface area (Å²) in [7, 11) is 7.59. The Morgan fingerprint density at radius 3 is 2.45 bits per heavy atom. The normalized spacial score (nSPS) is 19.1. The fraction of sp³-hybridized carbons (Fsp3) is 0.391. The molecule has 1 saturated heterocycles. The van der Waals surface area contributed by atoms with E-state index in [0.717, 1.165) is 36.4 Å².